The second kappa shape index (κ2) is 9.18. The summed E-state index contributed by atoms with van der Waals surface area (Å²) in [6.45, 7) is 3.75. The van der Waals surface area contributed by atoms with E-state index in [2.05, 4.69) is 5.32 Å². The number of rotatable bonds is 6. The van der Waals surface area contributed by atoms with Crippen LogP contribution < -0.4 is 15.6 Å². The van der Waals surface area contributed by atoms with Crippen molar-refractivity contribution in [2.75, 3.05) is 12.4 Å². The SMILES string of the molecule is COc1ccc(C)cc1NC(=O)C(C)Sc1nc2sc(-c3ccccc3)cc2c(=O)n1C. The topological polar surface area (TPSA) is 73.2 Å². The molecule has 1 amide bonds. The van der Waals surface area contributed by atoms with Gasteiger partial charge in [-0.15, -0.1) is 11.3 Å². The molecule has 0 saturated heterocycles. The molecular weight excluding hydrogens is 442 g/mol. The number of carbonyl (C=O) groups excluding carboxylic acids is 1. The Labute approximate surface area is 194 Å². The first-order chi connectivity index (χ1) is 15.4. The Morgan fingerprint density at radius 1 is 1.19 bits per heavy atom. The number of carbonyl (C=O) groups is 1. The second-order valence-electron chi connectivity index (χ2n) is 7.41. The molecule has 4 aromatic rings. The van der Waals surface area contributed by atoms with Gasteiger partial charge in [0.2, 0.25) is 5.91 Å². The summed E-state index contributed by atoms with van der Waals surface area (Å²) in [5.74, 6) is 0.407. The summed E-state index contributed by atoms with van der Waals surface area (Å²) in [4.78, 5) is 32.2. The number of benzene rings is 2. The Bertz CT molecular complexity index is 1350. The highest BCUT2D eigenvalue weighted by Crippen LogP contribution is 2.33. The molecule has 4 rings (SSSR count). The molecule has 8 heteroatoms. The van der Waals surface area contributed by atoms with E-state index in [-0.39, 0.29) is 11.5 Å². The average molecular weight is 466 g/mol. The number of nitrogens with one attached hydrogen (secondary N) is 1. The Hall–Kier alpha value is -3.10. The van der Waals surface area contributed by atoms with Crippen LogP contribution >= 0.6 is 23.1 Å². The molecule has 2 aromatic heterocycles. The maximum atomic E-state index is 13.0. The number of ether oxygens (including phenoxy) is 1. The number of methoxy groups -OCH3 is 1. The molecule has 0 aliphatic heterocycles. The number of hydrogen-bond donors (Lipinski definition) is 1. The zero-order valence-electron chi connectivity index (χ0n) is 18.2. The second-order valence-corrected chi connectivity index (χ2v) is 9.75. The van der Waals surface area contributed by atoms with Crippen LogP contribution in [0.5, 0.6) is 5.75 Å². The summed E-state index contributed by atoms with van der Waals surface area (Å²) in [5, 5.41) is 3.54. The van der Waals surface area contributed by atoms with Crippen LogP contribution in [0.15, 0.2) is 64.5 Å². The van der Waals surface area contributed by atoms with E-state index in [0.717, 1.165) is 16.0 Å². The Kier molecular flexibility index (Phi) is 6.34. The van der Waals surface area contributed by atoms with Crippen molar-refractivity contribution in [3.63, 3.8) is 0 Å². The lowest BCUT2D eigenvalue weighted by Gasteiger charge is -2.15. The molecule has 0 aliphatic rings. The van der Waals surface area contributed by atoms with Gasteiger partial charge in [0.15, 0.2) is 5.16 Å². The standard InChI is InChI=1S/C24H23N3O3S2/c1-14-10-11-19(30-4)18(12-14)25-21(28)15(2)31-24-26-22-17(23(29)27(24)3)13-20(32-22)16-8-6-5-7-9-16/h5-13,15H,1-4H3,(H,25,28). The summed E-state index contributed by atoms with van der Waals surface area (Å²) >= 11 is 2.73. The van der Waals surface area contributed by atoms with Crippen LogP contribution in [0.2, 0.25) is 0 Å². The number of amides is 1. The van der Waals surface area contributed by atoms with E-state index in [4.69, 9.17) is 9.72 Å². The Morgan fingerprint density at radius 3 is 2.66 bits per heavy atom. The summed E-state index contributed by atoms with van der Waals surface area (Å²) in [5.41, 5.74) is 2.56. The summed E-state index contributed by atoms with van der Waals surface area (Å²) in [7, 11) is 3.25. The van der Waals surface area contributed by atoms with Crippen molar-refractivity contribution in [2.45, 2.75) is 24.3 Å². The molecule has 0 fully saturated rings. The molecule has 0 bridgehead atoms. The normalized spacial score (nSPS) is 12.0. The number of aryl methyl sites for hydroxylation is 1. The molecule has 0 spiro atoms. The zero-order valence-corrected chi connectivity index (χ0v) is 19.8. The predicted molar refractivity (Wildman–Crippen MR) is 132 cm³/mol. The molecule has 0 aliphatic carbocycles. The van der Waals surface area contributed by atoms with E-state index in [0.29, 0.717) is 26.8 Å². The first-order valence-corrected chi connectivity index (χ1v) is 11.7. The number of anilines is 1. The number of nitrogens with zero attached hydrogens (tertiary/aromatic N) is 2. The molecule has 1 atom stereocenters. The molecule has 164 valence electrons. The number of hydrogen-bond acceptors (Lipinski definition) is 6. The maximum absolute atomic E-state index is 13.0. The predicted octanol–water partition coefficient (Wildman–Crippen LogP) is 5.10. The van der Waals surface area contributed by atoms with Crippen LogP contribution in [0.1, 0.15) is 12.5 Å². The van der Waals surface area contributed by atoms with Crippen molar-refractivity contribution in [3.05, 3.63) is 70.5 Å². The third-order valence-corrected chi connectivity index (χ3v) is 7.28. The van der Waals surface area contributed by atoms with Gasteiger partial charge in [-0.1, -0.05) is 48.2 Å². The van der Waals surface area contributed by atoms with Crippen molar-refractivity contribution < 1.29 is 9.53 Å². The van der Waals surface area contributed by atoms with E-state index in [1.54, 1.807) is 21.1 Å². The van der Waals surface area contributed by atoms with Crippen LogP contribution in [-0.2, 0) is 11.8 Å². The van der Waals surface area contributed by atoms with E-state index in [9.17, 15) is 9.59 Å². The lowest BCUT2D eigenvalue weighted by atomic mass is 10.2. The minimum atomic E-state index is -0.468. The lowest BCUT2D eigenvalue weighted by Crippen LogP contribution is -2.25. The van der Waals surface area contributed by atoms with Gasteiger partial charge in [0.1, 0.15) is 10.6 Å². The van der Waals surface area contributed by atoms with Crippen LogP contribution in [0.4, 0.5) is 5.69 Å². The highest BCUT2D eigenvalue weighted by atomic mass is 32.2. The maximum Gasteiger partial charge on any atom is 0.262 e. The van der Waals surface area contributed by atoms with Crippen molar-refractivity contribution in [3.8, 4) is 16.2 Å². The summed E-state index contributed by atoms with van der Waals surface area (Å²) in [6.07, 6.45) is 0. The first kappa shape index (κ1) is 22.1. The molecule has 2 aromatic carbocycles. The van der Waals surface area contributed by atoms with Crippen LogP contribution in [-0.4, -0.2) is 27.8 Å². The third kappa shape index (κ3) is 4.42. The fourth-order valence-electron chi connectivity index (χ4n) is 3.26. The third-order valence-electron chi connectivity index (χ3n) is 5.05. The van der Waals surface area contributed by atoms with Crippen LogP contribution in [0.25, 0.3) is 20.7 Å². The number of aromatic nitrogens is 2. The average Bonchev–Trinajstić information content (AvgIpc) is 3.22. The van der Waals surface area contributed by atoms with Gasteiger partial charge in [0.25, 0.3) is 5.56 Å². The van der Waals surface area contributed by atoms with Gasteiger partial charge in [-0.25, -0.2) is 4.98 Å². The number of thiophene rings is 1. The van der Waals surface area contributed by atoms with Gasteiger partial charge in [0.05, 0.1) is 23.4 Å². The summed E-state index contributed by atoms with van der Waals surface area (Å²) in [6, 6.07) is 17.4. The van der Waals surface area contributed by atoms with Crippen molar-refractivity contribution in [1.82, 2.24) is 9.55 Å². The van der Waals surface area contributed by atoms with Crippen LogP contribution in [0, 0.1) is 6.92 Å². The quantitative estimate of drug-likeness (QED) is 0.317. The Balaban J connectivity index is 1.59. The van der Waals surface area contributed by atoms with E-state index in [1.807, 2.05) is 61.5 Å². The van der Waals surface area contributed by atoms with Gasteiger partial charge < -0.3 is 10.1 Å². The summed E-state index contributed by atoms with van der Waals surface area (Å²) < 4.78 is 6.85. The molecule has 1 unspecified atom stereocenters. The Morgan fingerprint density at radius 2 is 1.94 bits per heavy atom. The van der Waals surface area contributed by atoms with Crippen molar-refractivity contribution >= 4 is 44.9 Å². The van der Waals surface area contributed by atoms with Crippen molar-refractivity contribution in [2.24, 2.45) is 7.05 Å². The minimum absolute atomic E-state index is 0.121. The number of thioether (sulfide) groups is 1. The largest absolute Gasteiger partial charge is 0.495 e. The lowest BCUT2D eigenvalue weighted by molar-refractivity contribution is -0.115. The minimum Gasteiger partial charge on any atom is -0.495 e. The first-order valence-electron chi connectivity index (χ1n) is 10.1. The highest BCUT2D eigenvalue weighted by Gasteiger charge is 2.20. The van der Waals surface area contributed by atoms with Gasteiger partial charge in [-0.05, 0) is 43.2 Å². The van der Waals surface area contributed by atoms with Gasteiger partial charge in [-0.2, -0.15) is 0 Å². The fraction of sp³-hybridized carbons (Fsp3) is 0.208. The zero-order chi connectivity index (χ0) is 22.8. The smallest absolute Gasteiger partial charge is 0.262 e. The van der Waals surface area contributed by atoms with E-state index >= 15 is 0 Å². The molecule has 6 nitrogen and oxygen atoms in total. The van der Waals surface area contributed by atoms with Gasteiger partial charge in [0, 0.05) is 11.9 Å². The van der Waals surface area contributed by atoms with Gasteiger partial charge in [-0.3, -0.25) is 14.2 Å². The van der Waals surface area contributed by atoms with Gasteiger partial charge >= 0.3 is 0 Å². The van der Waals surface area contributed by atoms with E-state index < -0.39 is 5.25 Å². The molecule has 1 N–H and O–H groups in total. The molecular formula is C24H23N3O3S2. The van der Waals surface area contributed by atoms with Crippen LogP contribution in [0.3, 0.4) is 0 Å². The monoisotopic (exact) mass is 465 g/mol. The highest BCUT2D eigenvalue weighted by molar-refractivity contribution is 8.00. The molecule has 32 heavy (non-hydrogen) atoms. The van der Waals surface area contributed by atoms with E-state index in [1.165, 1.54) is 27.7 Å². The molecule has 0 radical (unpaired) electrons. The fourth-order valence-corrected chi connectivity index (χ4v) is 5.22. The molecule has 0 saturated carbocycles. The number of fused-ring (bicyclic) bond motifs is 1. The van der Waals surface area contributed by atoms with Crippen molar-refractivity contribution in [1.29, 1.82) is 0 Å². The molecule has 2 heterocycles.